The van der Waals surface area contributed by atoms with Crippen molar-refractivity contribution in [2.75, 3.05) is 6.61 Å². The van der Waals surface area contributed by atoms with Crippen LogP contribution in [0.15, 0.2) is 23.8 Å². The zero-order chi connectivity index (χ0) is 12.6. The summed E-state index contributed by atoms with van der Waals surface area (Å²) in [5.74, 6) is 0.108. The van der Waals surface area contributed by atoms with Crippen molar-refractivity contribution in [1.29, 1.82) is 0 Å². The maximum atomic E-state index is 11.4. The molecule has 18 heavy (non-hydrogen) atoms. The molecule has 1 unspecified atom stereocenters. The van der Waals surface area contributed by atoms with Gasteiger partial charge in [0, 0.05) is 12.0 Å². The SMILES string of the molecule is C[C@]12C=CC(=O)C=C1CC[C@@H]2OC1CCCCO1. The molecule has 0 aromatic carbocycles. The molecule has 98 valence electrons. The molecule has 1 heterocycles. The van der Waals surface area contributed by atoms with Crippen molar-refractivity contribution in [3.05, 3.63) is 23.8 Å². The van der Waals surface area contributed by atoms with Gasteiger partial charge in [-0.2, -0.15) is 0 Å². The molecule has 3 heteroatoms. The fourth-order valence-electron chi connectivity index (χ4n) is 3.19. The molecular formula is C15H20O3. The van der Waals surface area contributed by atoms with Crippen molar-refractivity contribution in [3.8, 4) is 0 Å². The molecule has 3 aliphatic rings. The number of hydrogen-bond donors (Lipinski definition) is 0. The van der Waals surface area contributed by atoms with Crippen LogP contribution >= 0.6 is 0 Å². The number of hydrogen-bond acceptors (Lipinski definition) is 3. The standard InChI is InChI=1S/C15H20O3/c1-15-8-7-12(16)10-11(15)5-6-13(15)18-14-4-2-3-9-17-14/h7-8,10,13-14H,2-6,9H2,1H3/t13-,14?,15-/m0/s1. The molecule has 0 amide bonds. The summed E-state index contributed by atoms with van der Waals surface area (Å²) in [5.41, 5.74) is 1.12. The molecule has 3 rings (SSSR count). The van der Waals surface area contributed by atoms with Crippen molar-refractivity contribution in [2.24, 2.45) is 5.41 Å². The van der Waals surface area contributed by atoms with Crippen molar-refractivity contribution in [2.45, 2.75) is 51.4 Å². The van der Waals surface area contributed by atoms with Crippen molar-refractivity contribution < 1.29 is 14.3 Å². The van der Waals surface area contributed by atoms with Crippen LogP contribution in [0.5, 0.6) is 0 Å². The third-order valence-corrected chi connectivity index (χ3v) is 4.40. The van der Waals surface area contributed by atoms with Crippen molar-refractivity contribution >= 4 is 5.78 Å². The van der Waals surface area contributed by atoms with E-state index < -0.39 is 0 Å². The summed E-state index contributed by atoms with van der Waals surface area (Å²) in [6, 6.07) is 0. The average Bonchev–Trinajstić information content (AvgIpc) is 2.69. The Hall–Kier alpha value is -0.930. The van der Waals surface area contributed by atoms with Crippen LogP contribution in [-0.2, 0) is 14.3 Å². The number of carbonyl (C=O) groups excluding carboxylic acids is 1. The highest BCUT2D eigenvalue weighted by Gasteiger charge is 2.44. The maximum absolute atomic E-state index is 11.4. The Bertz CT molecular complexity index is 404. The van der Waals surface area contributed by atoms with Crippen LogP contribution < -0.4 is 0 Å². The van der Waals surface area contributed by atoms with Crippen LogP contribution in [0, 0.1) is 5.41 Å². The summed E-state index contributed by atoms with van der Waals surface area (Å²) >= 11 is 0. The monoisotopic (exact) mass is 248 g/mol. The summed E-state index contributed by atoms with van der Waals surface area (Å²) in [6.07, 6.45) is 10.8. The second-order valence-corrected chi connectivity index (χ2v) is 5.65. The molecule has 1 aliphatic heterocycles. The van der Waals surface area contributed by atoms with Crippen LogP contribution in [0.2, 0.25) is 0 Å². The van der Waals surface area contributed by atoms with E-state index in [0.717, 1.165) is 32.3 Å². The lowest BCUT2D eigenvalue weighted by Gasteiger charge is -2.35. The maximum Gasteiger partial charge on any atom is 0.178 e. The molecule has 0 bridgehead atoms. The normalized spacial score (nSPS) is 39.6. The zero-order valence-corrected chi connectivity index (χ0v) is 10.9. The van der Waals surface area contributed by atoms with E-state index in [9.17, 15) is 4.79 Å². The van der Waals surface area contributed by atoms with E-state index in [4.69, 9.17) is 9.47 Å². The van der Waals surface area contributed by atoms with E-state index in [-0.39, 0.29) is 23.6 Å². The molecule has 3 atom stereocenters. The first-order chi connectivity index (χ1) is 8.68. The number of ether oxygens (including phenoxy) is 2. The quantitative estimate of drug-likeness (QED) is 0.753. The van der Waals surface area contributed by atoms with Gasteiger partial charge in [-0.25, -0.2) is 0 Å². The lowest BCUT2D eigenvalue weighted by atomic mass is 9.79. The number of allylic oxidation sites excluding steroid dienone is 2. The Kier molecular flexibility index (Phi) is 3.12. The van der Waals surface area contributed by atoms with Crippen LogP contribution in [0.3, 0.4) is 0 Å². The molecular weight excluding hydrogens is 228 g/mol. The van der Waals surface area contributed by atoms with Crippen LogP contribution in [-0.4, -0.2) is 24.8 Å². The highest BCUT2D eigenvalue weighted by Crippen LogP contribution is 2.47. The third-order valence-electron chi connectivity index (χ3n) is 4.40. The van der Waals surface area contributed by atoms with E-state index in [1.807, 2.05) is 6.08 Å². The minimum absolute atomic E-state index is 0.0500. The average molecular weight is 248 g/mol. The first-order valence-electron chi connectivity index (χ1n) is 6.90. The van der Waals surface area contributed by atoms with Gasteiger partial charge in [-0.3, -0.25) is 4.79 Å². The van der Waals surface area contributed by atoms with Gasteiger partial charge in [0.1, 0.15) is 0 Å². The third kappa shape index (κ3) is 2.06. The lowest BCUT2D eigenvalue weighted by Crippen LogP contribution is -2.36. The molecule has 1 saturated heterocycles. The predicted molar refractivity (Wildman–Crippen MR) is 68.0 cm³/mol. The molecule has 3 nitrogen and oxygen atoms in total. The number of carbonyl (C=O) groups is 1. The van der Waals surface area contributed by atoms with Gasteiger partial charge in [0.2, 0.25) is 0 Å². The van der Waals surface area contributed by atoms with Gasteiger partial charge in [-0.1, -0.05) is 11.6 Å². The summed E-state index contributed by atoms with van der Waals surface area (Å²) in [6.45, 7) is 2.98. The van der Waals surface area contributed by atoms with Crippen molar-refractivity contribution in [3.63, 3.8) is 0 Å². The zero-order valence-electron chi connectivity index (χ0n) is 10.9. The Morgan fingerprint density at radius 1 is 1.39 bits per heavy atom. The van der Waals surface area contributed by atoms with Gasteiger partial charge in [-0.15, -0.1) is 0 Å². The molecule has 0 radical (unpaired) electrons. The summed E-state index contributed by atoms with van der Waals surface area (Å²) in [7, 11) is 0. The van der Waals surface area contributed by atoms with E-state index in [2.05, 4.69) is 6.92 Å². The van der Waals surface area contributed by atoms with Gasteiger partial charge in [0.15, 0.2) is 12.1 Å². The number of fused-ring (bicyclic) bond motifs is 1. The van der Waals surface area contributed by atoms with E-state index in [1.165, 1.54) is 12.0 Å². The fraction of sp³-hybridized carbons (Fsp3) is 0.667. The smallest absolute Gasteiger partial charge is 0.178 e. The second kappa shape index (κ2) is 4.63. The first kappa shape index (κ1) is 12.1. The van der Waals surface area contributed by atoms with Gasteiger partial charge < -0.3 is 9.47 Å². The van der Waals surface area contributed by atoms with E-state index >= 15 is 0 Å². The lowest BCUT2D eigenvalue weighted by molar-refractivity contribution is -0.198. The first-order valence-corrected chi connectivity index (χ1v) is 6.90. The Morgan fingerprint density at radius 3 is 3.06 bits per heavy atom. The second-order valence-electron chi connectivity index (χ2n) is 5.65. The summed E-state index contributed by atoms with van der Waals surface area (Å²) in [4.78, 5) is 11.4. The van der Waals surface area contributed by atoms with Crippen LogP contribution in [0.25, 0.3) is 0 Å². The minimum atomic E-state index is -0.102. The highest BCUT2D eigenvalue weighted by molar-refractivity contribution is 6.01. The van der Waals surface area contributed by atoms with E-state index in [1.54, 1.807) is 12.2 Å². The topological polar surface area (TPSA) is 35.5 Å². The number of ketones is 1. The highest BCUT2D eigenvalue weighted by atomic mass is 16.7. The predicted octanol–water partition coefficient (Wildman–Crippen LogP) is 2.76. The van der Waals surface area contributed by atoms with Gasteiger partial charge in [0.05, 0.1) is 6.10 Å². The Labute approximate surface area is 108 Å². The molecule has 0 aromatic heterocycles. The van der Waals surface area contributed by atoms with Crippen LogP contribution in [0.1, 0.15) is 39.0 Å². The van der Waals surface area contributed by atoms with Gasteiger partial charge in [-0.05, 0) is 51.2 Å². The van der Waals surface area contributed by atoms with Gasteiger partial charge in [0.25, 0.3) is 0 Å². The molecule has 2 fully saturated rings. The molecule has 0 N–H and O–H groups in total. The minimum Gasteiger partial charge on any atom is -0.353 e. The molecule has 2 aliphatic carbocycles. The molecule has 1 saturated carbocycles. The molecule has 0 spiro atoms. The number of rotatable bonds is 2. The Balaban J connectivity index is 1.72. The van der Waals surface area contributed by atoms with Crippen LogP contribution in [0.4, 0.5) is 0 Å². The van der Waals surface area contributed by atoms with Crippen molar-refractivity contribution in [1.82, 2.24) is 0 Å². The Morgan fingerprint density at radius 2 is 2.28 bits per heavy atom. The largest absolute Gasteiger partial charge is 0.353 e. The fourth-order valence-corrected chi connectivity index (χ4v) is 3.19. The summed E-state index contributed by atoms with van der Waals surface area (Å²) in [5, 5.41) is 0. The molecule has 0 aromatic rings. The summed E-state index contributed by atoms with van der Waals surface area (Å²) < 4.78 is 11.8. The van der Waals surface area contributed by atoms with Gasteiger partial charge >= 0.3 is 0 Å². The van der Waals surface area contributed by atoms with E-state index in [0.29, 0.717) is 0 Å².